The van der Waals surface area contributed by atoms with E-state index in [2.05, 4.69) is 38.2 Å². The van der Waals surface area contributed by atoms with Gasteiger partial charge in [0.1, 0.15) is 12.8 Å². The SMILES string of the molecule is CC(C)Nc1cccc(C(C)c2ccc(C3OC4CC5C6CC(F)C7=CC(=O)C=CC7(C)C6(F)C(O)CC5(C)C4(C(=O)CO)O3)cc2)c1. The maximum absolute atomic E-state index is 17.6. The molecule has 7 nitrogen and oxygen atoms in total. The summed E-state index contributed by atoms with van der Waals surface area (Å²) in [7, 11) is 0. The van der Waals surface area contributed by atoms with Crippen molar-refractivity contribution >= 4 is 17.3 Å². The lowest BCUT2D eigenvalue weighted by Crippen LogP contribution is -2.70. The first-order chi connectivity index (χ1) is 22.7. The Hall–Kier alpha value is -3.24. The zero-order valence-electron chi connectivity index (χ0n) is 28.1. The van der Waals surface area contributed by atoms with Gasteiger partial charge in [-0.05, 0) is 86.9 Å². The maximum Gasteiger partial charge on any atom is 0.193 e. The highest BCUT2D eigenvalue weighted by Gasteiger charge is 2.80. The molecule has 0 amide bonds. The molecule has 2 aromatic carbocycles. The summed E-state index contributed by atoms with van der Waals surface area (Å²) in [5, 5.41) is 25.4. The van der Waals surface area contributed by atoms with Crippen molar-refractivity contribution in [2.24, 2.45) is 22.7 Å². The van der Waals surface area contributed by atoms with E-state index >= 15 is 8.78 Å². The minimum absolute atomic E-state index is 0.0426. The van der Waals surface area contributed by atoms with Crippen LogP contribution in [0.5, 0.6) is 0 Å². The van der Waals surface area contributed by atoms with E-state index in [1.54, 1.807) is 13.8 Å². The van der Waals surface area contributed by atoms with Crippen LogP contribution in [-0.2, 0) is 19.1 Å². The molecule has 2 aromatic rings. The molecule has 3 saturated carbocycles. The van der Waals surface area contributed by atoms with Crippen LogP contribution in [0, 0.1) is 22.7 Å². The number of ether oxygens (including phenoxy) is 2. The summed E-state index contributed by atoms with van der Waals surface area (Å²) in [5.41, 5.74) is -2.63. The second kappa shape index (κ2) is 11.4. The molecule has 0 aromatic heterocycles. The highest BCUT2D eigenvalue weighted by Crippen LogP contribution is 2.72. The Kier molecular flexibility index (Phi) is 7.90. The lowest BCUT2D eigenvalue weighted by molar-refractivity contribution is -0.235. The van der Waals surface area contributed by atoms with Crippen molar-refractivity contribution in [3.05, 3.63) is 89.0 Å². The van der Waals surface area contributed by atoms with Crippen molar-refractivity contribution in [2.45, 2.75) is 102 Å². The third kappa shape index (κ3) is 4.50. The number of hydrogen-bond donors (Lipinski definition) is 3. The van der Waals surface area contributed by atoms with Crippen molar-refractivity contribution in [2.75, 3.05) is 11.9 Å². The summed E-state index contributed by atoms with van der Waals surface area (Å²) in [5.74, 6) is -2.49. The number of fused-ring (bicyclic) bond motifs is 7. The topological polar surface area (TPSA) is 105 Å². The van der Waals surface area contributed by atoms with Gasteiger partial charge in [0.2, 0.25) is 0 Å². The van der Waals surface area contributed by atoms with E-state index in [4.69, 9.17) is 9.47 Å². The van der Waals surface area contributed by atoms with Gasteiger partial charge in [-0.25, -0.2) is 8.78 Å². The lowest BCUT2D eigenvalue weighted by Gasteiger charge is -2.63. The largest absolute Gasteiger partial charge is 0.390 e. The first-order valence-corrected chi connectivity index (χ1v) is 17.1. The van der Waals surface area contributed by atoms with Crippen LogP contribution >= 0.6 is 0 Å². The molecule has 0 radical (unpaired) electrons. The molecule has 1 saturated heterocycles. The molecular weight excluding hydrogens is 616 g/mol. The summed E-state index contributed by atoms with van der Waals surface area (Å²) in [6, 6.07) is 16.5. The van der Waals surface area contributed by atoms with Crippen molar-refractivity contribution in [1.82, 2.24) is 0 Å². The summed E-state index contributed by atoms with van der Waals surface area (Å²) < 4.78 is 46.6. The maximum atomic E-state index is 17.6. The number of aliphatic hydroxyl groups is 2. The van der Waals surface area contributed by atoms with Gasteiger partial charge in [0.25, 0.3) is 0 Å². The minimum Gasteiger partial charge on any atom is -0.390 e. The van der Waals surface area contributed by atoms with Crippen LogP contribution in [0.15, 0.2) is 72.3 Å². The fourth-order valence-electron chi connectivity index (χ4n) is 10.1. The van der Waals surface area contributed by atoms with Gasteiger partial charge in [-0.1, -0.05) is 56.3 Å². The number of ketones is 2. The van der Waals surface area contributed by atoms with Crippen LogP contribution in [0.3, 0.4) is 0 Å². The van der Waals surface area contributed by atoms with E-state index in [1.165, 1.54) is 12.2 Å². The first kappa shape index (κ1) is 33.3. The van der Waals surface area contributed by atoms with E-state index in [9.17, 15) is 19.8 Å². The number of Topliss-reactive ketones (excluding diaryl/α,β-unsaturated/α-hetero) is 1. The summed E-state index contributed by atoms with van der Waals surface area (Å²) in [6.07, 6.45) is -1.37. The van der Waals surface area contributed by atoms with Crippen LogP contribution < -0.4 is 5.32 Å². The third-order valence-corrected chi connectivity index (χ3v) is 12.5. The number of alkyl halides is 2. The highest BCUT2D eigenvalue weighted by atomic mass is 19.1. The molecule has 4 fully saturated rings. The molecule has 48 heavy (non-hydrogen) atoms. The number of nitrogens with one attached hydrogen (secondary N) is 1. The summed E-state index contributed by atoms with van der Waals surface area (Å²) >= 11 is 0. The van der Waals surface area contributed by atoms with Crippen molar-refractivity contribution in [3.63, 3.8) is 0 Å². The highest BCUT2D eigenvalue weighted by molar-refractivity contribution is 6.01. The molecule has 256 valence electrons. The average molecular weight is 662 g/mol. The number of carbonyl (C=O) groups excluding carboxylic acids is 2. The predicted octanol–water partition coefficient (Wildman–Crippen LogP) is 6.30. The Labute approximate surface area is 280 Å². The van der Waals surface area contributed by atoms with E-state index in [1.807, 2.05) is 36.4 Å². The number of benzene rings is 2. The van der Waals surface area contributed by atoms with Crippen molar-refractivity contribution < 1.29 is 38.1 Å². The zero-order chi connectivity index (χ0) is 34.4. The summed E-state index contributed by atoms with van der Waals surface area (Å²) in [6.45, 7) is 8.84. The van der Waals surface area contributed by atoms with Crippen LogP contribution in [0.2, 0.25) is 0 Å². The number of allylic oxidation sites excluding steroid dienone is 4. The second-order valence-corrected chi connectivity index (χ2v) is 15.3. The molecular formula is C39H45F2NO6. The normalized spacial score (nSPS) is 40.5. The van der Waals surface area contributed by atoms with Gasteiger partial charge in [0.15, 0.2) is 29.1 Å². The fraction of sp³-hybridized carbons (Fsp3) is 0.538. The Bertz CT molecular complexity index is 1690. The number of anilines is 1. The van der Waals surface area contributed by atoms with Gasteiger partial charge in [0.05, 0.1) is 12.2 Å². The van der Waals surface area contributed by atoms with Crippen molar-refractivity contribution in [3.8, 4) is 0 Å². The van der Waals surface area contributed by atoms with E-state index in [-0.39, 0.29) is 30.8 Å². The molecule has 11 unspecified atom stereocenters. The smallest absolute Gasteiger partial charge is 0.193 e. The van der Waals surface area contributed by atoms with Gasteiger partial charge in [-0.2, -0.15) is 0 Å². The van der Waals surface area contributed by atoms with Crippen LogP contribution in [-0.4, -0.2) is 64.1 Å². The molecule has 11 atom stereocenters. The number of rotatable bonds is 7. The summed E-state index contributed by atoms with van der Waals surface area (Å²) in [4.78, 5) is 26.0. The number of carbonyl (C=O) groups is 2. The molecule has 7 rings (SSSR count). The molecule has 9 heteroatoms. The Balaban J connectivity index is 1.18. The molecule has 5 aliphatic rings. The minimum atomic E-state index is -2.29. The monoisotopic (exact) mass is 661 g/mol. The second-order valence-electron chi connectivity index (χ2n) is 15.3. The van der Waals surface area contributed by atoms with Gasteiger partial charge in [-0.15, -0.1) is 0 Å². The molecule has 1 aliphatic heterocycles. The lowest BCUT2D eigenvalue weighted by atomic mass is 9.44. The van der Waals surface area contributed by atoms with Crippen LogP contribution in [0.1, 0.15) is 82.8 Å². The van der Waals surface area contributed by atoms with E-state index < -0.39 is 76.8 Å². The average Bonchev–Trinajstić information content (AvgIpc) is 3.56. The Morgan fingerprint density at radius 2 is 1.79 bits per heavy atom. The van der Waals surface area contributed by atoms with Gasteiger partial charge in [-0.3, -0.25) is 9.59 Å². The van der Waals surface area contributed by atoms with E-state index in [0.29, 0.717) is 11.6 Å². The molecule has 1 heterocycles. The first-order valence-electron chi connectivity index (χ1n) is 17.1. The van der Waals surface area contributed by atoms with E-state index in [0.717, 1.165) is 22.9 Å². The molecule has 3 N–H and O–H groups in total. The molecule has 0 spiro atoms. The quantitative estimate of drug-likeness (QED) is 0.320. The number of halogens is 2. The van der Waals surface area contributed by atoms with Gasteiger partial charge < -0.3 is 25.0 Å². The molecule has 0 bridgehead atoms. The third-order valence-electron chi connectivity index (χ3n) is 12.5. The molecule has 4 aliphatic carbocycles. The van der Waals surface area contributed by atoms with Crippen LogP contribution in [0.25, 0.3) is 0 Å². The van der Waals surface area contributed by atoms with Crippen LogP contribution in [0.4, 0.5) is 14.5 Å². The predicted molar refractivity (Wildman–Crippen MR) is 177 cm³/mol. The fourth-order valence-corrected chi connectivity index (χ4v) is 10.1. The van der Waals surface area contributed by atoms with Gasteiger partial charge in [0, 0.05) is 40.0 Å². The zero-order valence-corrected chi connectivity index (χ0v) is 28.1. The Morgan fingerprint density at radius 3 is 2.48 bits per heavy atom. The number of aliphatic hydroxyl groups excluding tert-OH is 2. The standard InChI is InChI=1S/C39H45F2NO6/c1-21(2)42-26-8-6-7-25(15-26)22(3)23-9-11-24(12-10-23)35-47-34-18-28-29-17-31(40)30-16-27(44)13-14-36(30,4)38(29,41)32(45)19-37(28,5)39(34,48-35)33(46)20-43/h6-16,21-22,28-29,31-32,34-35,42-43,45H,17-20H2,1-5H3. The number of hydrogen-bond acceptors (Lipinski definition) is 7. The van der Waals surface area contributed by atoms with Gasteiger partial charge >= 0.3 is 0 Å². The Morgan fingerprint density at radius 1 is 1.06 bits per heavy atom. The van der Waals surface area contributed by atoms with Crippen molar-refractivity contribution in [1.29, 1.82) is 0 Å².